The van der Waals surface area contributed by atoms with Crippen LogP contribution in [0.2, 0.25) is 0 Å². The number of methoxy groups -OCH3 is 2. The van der Waals surface area contributed by atoms with E-state index in [1.54, 1.807) is 18.2 Å². The maximum atomic E-state index is 13.5. The molecule has 21 heteroatoms. The predicted molar refractivity (Wildman–Crippen MR) is 237 cm³/mol. The molecule has 2 heterocycles. The van der Waals surface area contributed by atoms with E-state index in [2.05, 4.69) is 42.0 Å². The summed E-state index contributed by atoms with van der Waals surface area (Å²) in [5.74, 6) is -1.56. The van der Waals surface area contributed by atoms with Gasteiger partial charge in [-0.2, -0.15) is 0 Å². The van der Waals surface area contributed by atoms with Crippen LogP contribution in [0.15, 0.2) is 115 Å². The van der Waals surface area contributed by atoms with Crippen LogP contribution in [0, 0.1) is 0 Å². The summed E-state index contributed by atoms with van der Waals surface area (Å²) >= 11 is 0. The number of phenols is 2. The van der Waals surface area contributed by atoms with Gasteiger partial charge in [-0.25, -0.2) is 14.8 Å². The van der Waals surface area contributed by atoms with Gasteiger partial charge < -0.3 is 62.5 Å². The van der Waals surface area contributed by atoms with Crippen molar-refractivity contribution < 1.29 is 53.6 Å². The Morgan fingerprint density at radius 1 is 0.677 bits per heavy atom. The van der Waals surface area contributed by atoms with E-state index in [4.69, 9.17) is 21.1 Å². The van der Waals surface area contributed by atoms with Crippen molar-refractivity contribution in [2.45, 2.75) is 12.5 Å². The molecule has 0 saturated heterocycles. The Morgan fingerprint density at radius 3 is 1.91 bits per heavy atom. The van der Waals surface area contributed by atoms with Crippen LogP contribution in [-0.4, -0.2) is 81.1 Å². The van der Waals surface area contributed by atoms with Crippen molar-refractivity contribution in [1.29, 1.82) is 0 Å². The molecular weight excluding hydrogens is 845 g/mol. The van der Waals surface area contributed by atoms with E-state index < -0.39 is 58.6 Å². The minimum Gasteiger partial charge on any atom is -0.504 e. The molecule has 0 spiro atoms. The van der Waals surface area contributed by atoms with Crippen LogP contribution in [-0.2, 0) is 4.79 Å². The second-order valence-corrected chi connectivity index (χ2v) is 13.8. The molecule has 0 radical (unpaired) electrons. The van der Waals surface area contributed by atoms with E-state index in [9.17, 15) is 44.1 Å². The molecule has 0 saturated carbocycles. The normalized spacial score (nSPS) is 11.4. The van der Waals surface area contributed by atoms with E-state index in [0.717, 1.165) is 18.6 Å². The lowest BCUT2D eigenvalue weighted by Crippen LogP contribution is -2.44. The van der Waals surface area contributed by atoms with E-state index in [0.29, 0.717) is 11.2 Å². The highest BCUT2D eigenvalue weighted by Crippen LogP contribution is 2.40. The number of fused-ring (bicyclic) bond motifs is 1. The van der Waals surface area contributed by atoms with E-state index >= 15 is 0 Å². The Kier molecular flexibility index (Phi) is 14.0. The van der Waals surface area contributed by atoms with Crippen LogP contribution < -0.4 is 53.1 Å². The molecule has 21 nitrogen and oxygen atoms in total. The quantitative estimate of drug-likeness (QED) is 0.0485. The zero-order valence-corrected chi connectivity index (χ0v) is 34.3. The van der Waals surface area contributed by atoms with Gasteiger partial charge in [0.05, 0.1) is 48.6 Å². The Hall–Kier alpha value is -9.24. The Morgan fingerprint density at radius 2 is 1.28 bits per heavy atom. The smallest absolute Gasteiger partial charge is 0.339 e. The number of hydrazine groups is 1. The van der Waals surface area contributed by atoms with Gasteiger partial charge in [-0.15, -0.1) is 0 Å². The molecule has 6 rings (SSSR count). The summed E-state index contributed by atoms with van der Waals surface area (Å²) in [5, 5.41) is 44.4. The highest BCUT2D eigenvalue weighted by molar-refractivity contribution is 6.10. The Bertz CT molecular complexity index is 2850. The molecular formula is C44H40N10O11. The SMILES string of the molecule is COc1c(NC(=O)c2ccc(NC(=O)c3ccc(NC(=O)C(C/C(N)=C/NN)NC(=O)c4ccc(NC(=O)c5ccc6ccccc6n5)cc4)cn3)c(OC)c2O)ccc(C(=O)O)c1O. The lowest BCUT2D eigenvalue weighted by molar-refractivity contribution is -0.118. The van der Waals surface area contributed by atoms with E-state index in [1.807, 2.05) is 18.2 Å². The van der Waals surface area contributed by atoms with Gasteiger partial charge in [-0.3, -0.25) is 29.8 Å². The number of amides is 5. The molecule has 0 aliphatic rings. The molecule has 1 atom stereocenters. The number of para-hydroxylation sites is 1. The number of aromatic nitrogens is 2. The average Bonchev–Trinajstić information content (AvgIpc) is 3.29. The second-order valence-electron chi connectivity index (χ2n) is 13.8. The third-order valence-corrected chi connectivity index (χ3v) is 9.47. The number of carbonyl (C=O) groups is 6. The van der Waals surface area contributed by atoms with Crippen molar-refractivity contribution in [1.82, 2.24) is 20.7 Å². The number of hydrogen-bond donors (Lipinski definition) is 11. The first-order valence-electron chi connectivity index (χ1n) is 19.1. The highest BCUT2D eigenvalue weighted by Gasteiger charge is 2.26. The van der Waals surface area contributed by atoms with Crippen LogP contribution in [0.4, 0.5) is 22.7 Å². The number of nitrogens with zero attached hydrogens (tertiary/aromatic N) is 2. The fourth-order valence-electron chi connectivity index (χ4n) is 6.26. The van der Waals surface area contributed by atoms with Gasteiger partial charge in [0, 0.05) is 35.0 Å². The first kappa shape index (κ1) is 45.3. The summed E-state index contributed by atoms with van der Waals surface area (Å²) in [6, 6.07) is 22.8. The summed E-state index contributed by atoms with van der Waals surface area (Å²) < 4.78 is 10.3. The Labute approximate surface area is 368 Å². The van der Waals surface area contributed by atoms with Crippen LogP contribution >= 0.6 is 0 Å². The second kappa shape index (κ2) is 20.1. The minimum atomic E-state index is -1.43. The number of nitrogens with one attached hydrogen (secondary N) is 6. The number of carbonyl (C=O) groups excluding carboxylic acids is 5. The molecule has 332 valence electrons. The van der Waals surface area contributed by atoms with Crippen LogP contribution in [0.25, 0.3) is 10.9 Å². The maximum Gasteiger partial charge on any atom is 0.339 e. The number of benzene rings is 4. The monoisotopic (exact) mass is 884 g/mol. The van der Waals surface area contributed by atoms with Crippen LogP contribution in [0.3, 0.4) is 0 Å². The van der Waals surface area contributed by atoms with Gasteiger partial charge in [0.1, 0.15) is 23.0 Å². The molecule has 4 aromatic carbocycles. The van der Waals surface area contributed by atoms with Gasteiger partial charge >= 0.3 is 5.97 Å². The minimum absolute atomic E-state index is 0.0549. The van der Waals surface area contributed by atoms with Crippen molar-refractivity contribution >= 4 is 69.2 Å². The lowest BCUT2D eigenvalue weighted by atomic mass is 10.1. The number of carboxylic acid groups (broad SMARTS) is 1. The number of aromatic hydroxyl groups is 2. The molecule has 0 aliphatic carbocycles. The average molecular weight is 885 g/mol. The van der Waals surface area contributed by atoms with Gasteiger partial charge in [0.15, 0.2) is 23.0 Å². The van der Waals surface area contributed by atoms with Crippen molar-refractivity contribution in [2.24, 2.45) is 11.6 Å². The summed E-state index contributed by atoms with van der Waals surface area (Å²) in [7, 11) is 2.34. The number of pyridine rings is 2. The fraction of sp³-hybridized carbons (Fsp3) is 0.0909. The molecule has 13 N–H and O–H groups in total. The number of anilines is 4. The number of ether oxygens (including phenoxy) is 2. The Balaban J connectivity index is 1.09. The maximum absolute atomic E-state index is 13.5. The standard InChI is InChI=1S/C44H40N10O11/c1-64-37-31(17-13-27(35(37)55)40(58)52-30-18-14-28(44(62)63)36(56)38(30)65-2)53-41(59)32-16-12-26(21-47-32)50-43(61)34(19-24(45)20-48-46)54-39(57)23-7-10-25(11-8-23)49-42(60)33-15-9-22-5-3-4-6-29(22)51-33/h3-18,20-21,34,48,55-56H,19,45-46H2,1-2H3,(H,49,60)(H,50,61)(H,52,58)(H,53,59)(H,54,57)(H,62,63)/b24-20-. The largest absolute Gasteiger partial charge is 0.504 e. The molecule has 65 heavy (non-hydrogen) atoms. The van der Waals surface area contributed by atoms with Crippen LogP contribution in [0.1, 0.15) is 58.5 Å². The van der Waals surface area contributed by atoms with E-state index in [-0.39, 0.29) is 63.2 Å². The lowest BCUT2D eigenvalue weighted by Gasteiger charge is -2.19. The number of phenolic OH excluding ortho intramolecular Hbond substituents is 1. The van der Waals surface area contributed by atoms with Crippen molar-refractivity contribution in [3.8, 4) is 23.0 Å². The predicted octanol–water partition coefficient (Wildman–Crippen LogP) is 3.90. The topological polar surface area (TPSA) is 332 Å². The number of hydrogen-bond acceptors (Lipinski definition) is 15. The van der Waals surface area contributed by atoms with E-state index in [1.165, 1.54) is 74.1 Å². The van der Waals surface area contributed by atoms with Gasteiger partial charge in [0.2, 0.25) is 5.91 Å². The van der Waals surface area contributed by atoms with Gasteiger partial charge in [0.25, 0.3) is 23.6 Å². The molecule has 5 amide bonds. The van der Waals surface area contributed by atoms with Gasteiger partial charge in [-0.1, -0.05) is 24.3 Å². The molecule has 2 aromatic heterocycles. The third kappa shape index (κ3) is 10.6. The first-order valence-corrected chi connectivity index (χ1v) is 19.1. The fourth-order valence-corrected chi connectivity index (χ4v) is 6.26. The summed E-state index contributed by atoms with van der Waals surface area (Å²) in [5.41, 5.74) is 8.90. The zero-order valence-electron chi connectivity index (χ0n) is 34.3. The van der Waals surface area contributed by atoms with Crippen molar-refractivity contribution in [3.63, 3.8) is 0 Å². The summed E-state index contributed by atoms with van der Waals surface area (Å²) in [6.45, 7) is 0. The number of carboxylic acids is 1. The van der Waals surface area contributed by atoms with Crippen molar-refractivity contribution in [2.75, 3.05) is 35.5 Å². The third-order valence-electron chi connectivity index (χ3n) is 9.47. The number of nitrogens with two attached hydrogens (primary N) is 2. The summed E-state index contributed by atoms with van der Waals surface area (Å²) in [4.78, 5) is 86.0. The zero-order chi connectivity index (χ0) is 46.8. The number of rotatable bonds is 16. The molecule has 6 aromatic rings. The van der Waals surface area contributed by atoms with Crippen LogP contribution in [0.5, 0.6) is 23.0 Å². The van der Waals surface area contributed by atoms with Gasteiger partial charge in [-0.05, 0) is 72.8 Å². The highest BCUT2D eigenvalue weighted by atomic mass is 16.5. The summed E-state index contributed by atoms with van der Waals surface area (Å²) in [6.07, 6.45) is 2.26. The molecule has 0 fully saturated rings. The first-order chi connectivity index (χ1) is 31.2. The molecule has 0 bridgehead atoms. The molecule has 0 aliphatic heterocycles. The van der Waals surface area contributed by atoms with Crippen molar-refractivity contribution in [3.05, 3.63) is 143 Å². The number of aromatic carboxylic acids is 1. The molecule has 1 unspecified atom stereocenters.